The molecule has 0 aromatic rings. The highest BCUT2D eigenvalue weighted by atomic mass is 35.5. The quantitative estimate of drug-likeness (QED) is 0.791. The average Bonchev–Trinajstić information content (AvgIpc) is 2.40. The highest BCUT2D eigenvalue weighted by Crippen LogP contribution is 2.23. The van der Waals surface area contributed by atoms with Gasteiger partial charge in [-0.3, -0.25) is 4.79 Å². The zero-order valence-electron chi connectivity index (χ0n) is 10.3. The van der Waals surface area contributed by atoms with Crippen LogP contribution in [0.1, 0.15) is 44.9 Å². The molecule has 0 bridgehead atoms. The number of nitrogens with one attached hydrogen (secondary N) is 1. The van der Waals surface area contributed by atoms with Crippen LogP contribution in [0.15, 0.2) is 0 Å². The van der Waals surface area contributed by atoms with Crippen LogP contribution in [0, 0.1) is 5.92 Å². The zero-order valence-corrected chi connectivity index (χ0v) is 11.0. The summed E-state index contributed by atoms with van der Waals surface area (Å²) in [6.07, 6.45) is 7.99. The molecule has 0 aromatic carbocycles. The number of amides is 1. The summed E-state index contributed by atoms with van der Waals surface area (Å²) in [5.74, 6) is 0.197. The molecule has 2 fully saturated rings. The van der Waals surface area contributed by atoms with Gasteiger partial charge in [-0.25, -0.2) is 0 Å². The monoisotopic (exact) mass is 259 g/mol. The van der Waals surface area contributed by atoms with Crippen LogP contribution in [0.2, 0.25) is 0 Å². The van der Waals surface area contributed by atoms with Gasteiger partial charge in [0.15, 0.2) is 0 Å². The molecule has 4 heteroatoms. The van der Waals surface area contributed by atoms with Gasteiger partial charge in [-0.15, -0.1) is 11.6 Å². The van der Waals surface area contributed by atoms with Crippen molar-refractivity contribution in [3.8, 4) is 0 Å². The highest BCUT2D eigenvalue weighted by Gasteiger charge is 2.29. The largest absolute Gasteiger partial charge is 0.381 e. The van der Waals surface area contributed by atoms with Crippen LogP contribution in [0.25, 0.3) is 0 Å². The number of carbonyl (C=O) groups excluding carboxylic acids is 1. The number of hydrogen-bond acceptors (Lipinski definition) is 2. The maximum atomic E-state index is 12.0. The van der Waals surface area contributed by atoms with Gasteiger partial charge < -0.3 is 10.1 Å². The van der Waals surface area contributed by atoms with Crippen molar-refractivity contribution >= 4 is 17.5 Å². The van der Waals surface area contributed by atoms with Crippen LogP contribution in [0.3, 0.4) is 0 Å². The molecule has 1 amide bonds. The van der Waals surface area contributed by atoms with Gasteiger partial charge in [0.2, 0.25) is 5.91 Å². The predicted molar refractivity (Wildman–Crippen MR) is 68.2 cm³/mol. The number of alkyl halides is 1. The second-order valence-corrected chi connectivity index (χ2v) is 5.69. The van der Waals surface area contributed by atoms with Gasteiger partial charge in [0, 0.05) is 18.6 Å². The maximum absolute atomic E-state index is 12.0. The first-order chi connectivity index (χ1) is 8.27. The van der Waals surface area contributed by atoms with Gasteiger partial charge in [-0.1, -0.05) is 19.3 Å². The molecule has 98 valence electrons. The Morgan fingerprint density at radius 3 is 2.59 bits per heavy atom. The van der Waals surface area contributed by atoms with E-state index in [0.717, 1.165) is 32.3 Å². The van der Waals surface area contributed by atoms with Crippen molar-refractivity contribution in [3.05, 3.63) is 0 Å². The lowest BCUT2D eigenvalue weighted by atomic mass is 9.94. The Labute approximate surface area is 108 Å². The Morgan fingerprint density at radius 1 is 1.18 bits per heavy atom. The van der Waals surface area contributed by atoms with Crippen LogP contribution < -0.4 is 5.32 Å². The van der Waals surface area contributed by atoms with Crippen LogP contribution in [-0.2, 0) is 9.53 Å². The second-order valence-electron chi connectivity index (χ2n) is 5.22. The normalized spacial score (nSPS) is 28.6. The van der Waals surface area contributed by atoms with E-state index in [1.807, 2.05) is 0 Å². The van der Waals surface area contributed by atoms with Gasteiger partial charge in [-0.2, -0.15) is 0 Å². The van der Waals surface area contributed by atoms with Gasteiger partial charge in [-0.05, 0) is 25.7 Å². The Morgan fingerprint density at radius 2 is 1.94 bits per heavy atom. The standard InChI is InChI=1S/C13H22ClNO2/c14-12(10-5-4-8-17-9-10)13(16)15-11-6-2-1-3-7-11/h10-12H,1-9H2,(H,15,16). The molecule has 0 radical (unpaired) electrons. The molecule has 0 aromatic heterocycles. The molecule has 1 saturated carbocycles. The van der Waals surface area contributed by atoms with Crippen LogP contribution >= 0.6 is 11.6 Å². The fourth-order valence-corrected chi connectivity index (χ4v) is 3.00. The van der Waals surface area contributed by atoms with E-state index in [0.29, 0.717) is 12.6 Å². The average molecular weight is 260 g/mol. The van der Waals surface area contributed by atoms with Crippen molar-refractivity contribution in [1.29, 1.82) is 0 Å². The van der Waals surface area contributed by atoms with Gasteiger partial charge >= 0.3 is 0 Å². The molecule has 1 aliphatic heterocycles. The first kappa shape index (κ1) is 13.2. The molecule has 17 heavy (non-hydrogen) atoms. The lowest BCUT2D eigenvalue weighted by Gasteiger charge is -2.28. The molecule has 0 spiro atoms. The first-order valence-electron chi connectivity index (χ1n) is 6.79. The first-order valence-corrected chi connectivity index (χ1v) is 7.23. The molecule has 2 atom stereocenters. The summed E-state index contributed by atoms with van der Waals surface area (Å²) in [6, 6.07) is 0.349. The summed E-state index contributed by atoms with van der Waals surface area (Å²) >= 11 is 6.24. The topological polar surface area (TPSA) is 38.3 Å². The summed E-state index contributed by atoms with van der Waals surface area (Å²) in [7, 11) is 0. The lowest BCUT2D eigenvalue weighted by molar-refractivity contribution is -0.123. The number of rotatable bonds is 3. The Kier molecular flexibility index (Phi) is 5.11. The van der Waals surface area contributed by atoms with Crippen LogP contribution in [0.4, 0.5) is 0 Å². The van der Waals surface area contributed by atoms with E-state index in [1.165, 1.54) is 19.3 Å². The number of halogens is 1. The van der Waals surface area contributed by atoms with E-state index in [1.54, 1.807) is 0 Å². The number of ether oxygens (including phenoxy) is 1. The van der Waals surface area contributed by atoms with Gasteiger partial charge in [0.25, 0.3) is 0 Å². The molecule has 3 nitrogen and oxygen atoms in total. The van der Waals surface area contributed by atoms with Crippen molar-refractivity contribution in [3.63, 3.8) is 0 Å². The van der Waals surface area contributed by atoms with Crippen molar-refractivity contribution in [2.75, 3.05) is 13.2 Å². The van der Waals surface area contributed by atoms with Crippen molar-refractivity contribution in [2.45, 2.75) is 56.4 Å². The summed E-state index contributed by atoms with van der Waals surface area (Å²) in [5.41, 5.74) is 0. The fraction of sp³-hybridized carbons (Fsp3) is 0.923. The molecule has 1 saturated heterocycles. The minimum Gasteiger partial charge on any atom is -0.381 e. The van der Waals surface area contributed by atoms with E-state index in [9.17, 15) is 4.79 Å². The van der Waals surface area contributed by atoms with Crippen LogP contribution in [-0.4, -0.2) is 30.5 Å². The molecule has 2 rings (SSSR count). The third-order valence-corrected chi connectivity index (χ3v) is 4.37. The molecule has 1 N–H and O–H groups in total. The van der Waals surface area contributed by atoms with E-state index in [4.69, 9.17) is 16.3 Å². The SMILES string of the molecule is O=C(NC1CCCCC1)C(Cl)C1CCCOC1. The number of carbonyl (C=O) groups is 1. The molecule has 2 aliphatic rings. The van der Waals surface area contributed by atoms with Gasteiger partial charge in [0.1, 0.15) is 5.38 Å². The molecule has 1 heterocycles. The summed E-state index contributed by atoms with van der Waals surface area (Å²) in [6.45, 7) is 1.44. The molecular weight excluding hydrogens is 238 g/mol. The van der Waals surface area contributed by atoms with Crippen molar-refractivity contribution < 1.29 is 9.53 Å². The summed E-state index contributed by atoms with van der Waals surface area (Å²) < 4.78 is 5.38. The van der Waals surface area contributed by atoms with E-state index < -0.39 is 5.38 Å². The second kappa shape index (κ2) is 6.60. The minimum absolute atomic E-state index is 0.00840. The van der Waals surface area contributed by atoms with E-state index in [-0.39, 0.29) is 11.8 Å². The third-order valence-electron chi connectivity index (χ3n) is 3.81. The lowest BCUT2D eigenvalue weighted by Crippen LogP contribution is -2.44. The molecule has 1 aliphatic carbocycles. The van der Waals surface area contributed by atoms with E-state index >= 15 is 0 Å². The minimum atomic E-state index is -0.419. The van der Waals surface area contributed by atoms with Crippen molar-refractivity contribution in [2.24, 2.45) is 5.92 Å². The summed E-state index contributed by atoms with van der Waals surface area (Å²) in [5, 5.41) is 2.67. The number of hydrogen-bond donors (Lipinski definition) is 1. The third kappa shape index (κ3) is 3.85. The van der Waals surface area contributed by atoms with E-state index in [2.05, 4.69) is 5.32 Å². The van der Waals surface area contributed by atoms with Gasteiger partial charge in [0.05, 0.1) is 6.61 Å². The maximum Gasteiger partial charge on any atom is 0.238 e. The Hall–Kier alpha value is -0.280. The van der Waals surface area contributed by atoms with Crippen molar-refractivity contribution in [1.82, 2.24) is 5.32 Å². The smallest absolute Gasteiger partial charge is 0.238 e. The Balaban J connectivity index is 1.77. The Bertz CT molecular complexity index is 248. The molecule has 2 unspecified atom stereocenters. The highest BCUT2D eigenvalue weighted by molar-refractivity contribution is 6.31. The summed E-state index contributed by atoms with van der Waals surface area (Å²) in [4.78, 5) is 12.0. The predicted octanol–water partition coefficient (Wildman–Crippen LogP) is 2.47. The fourth-order valence-electron chi connectivity index (χ4n) is 2.74. The molecular formula is C13H22ClNO2. The zero-order chi connectivity index (χ0) is 12.1. The van der Waals surface area contributed by atoms with Crippen LogP contribution in [0.5, 0.6) is 0 Å².